The molecule has 1 aliphatic heterocycles. The number of carbonyl (C=O) groups is 3. The number of nitrogens with one attached hydrogen (secondary N) is 1. The molecule has 0 radical (unpaired) electrons. The summed E-state index contributed by atoms with van der Waals surface area (Å²) in [6.07, 6.45) is 0.681. The molecule has 0 saturated heterocycles. The molecule has 0 fully saturated rings. The molecule has 0 unspecified atom stereocenters. The van der Waals surface area contributed by atoms with Crippen molar-refractivity contribution in [3.8, 4) is 11.5 Å². The summed E-state index contributed by atoms with van der Waals surface area (Å²) in [4.78, 5) is 37.4. The third-order valence-corrected chi connectivity index (χ3v) is 4.84. The molecule has 1 N–H and O–H groups in total. The van der Waals surface area contributed by atoms with Crippen molar-refractivity contribution in [1.82, 2.24) is 4.90 Å². The molecule has 0 spiro atoms. The molecule has 0 saturated carbocycles. The van der Waals surface area contributed by atoms with Gasteiger partial charge in [0.25, 0.3) is 5.91 Å². The van der Waals surface area contributed by atoms with E-state index in [4.69, 9.17) is 14.2 Å². The zero-order valence-corrected chi connectivity index (χ0v) is 17.2. The molecular weight excluding hydrogens is 388 g/mol. The molecule has 0 aromatic heterocycles. The normalized spacial score (nSPS) is 12.6. The highest BCUT2D eigenvalue weighted by Gasteiger charge is 2.23. The van der Waals surface area contributed by atoms with Crippen molar-refractivity contribution in [1.29, 1.82) is 0 Å². The van der Waals surface area contributed by atoms with Gasteiger partial charge in [0.2, 0.25) is 5.91 Å². The van der Waals surface area contributed by atoms with E-state index in [9.17, 15) is 14.4 Å². The summed E-state index contributed by atoms with van der Waals surface area (Å²) in [6, 6.07) is 10.1. The van der Waals surface area contributed by atoms with Gasteiger partial charge in [-0.1, -0.05) is 0 Å². The Morgan fingerprint density at radius 3 is 2.23 bits per heavy atom. The molecule has 0 atom stereocenters. The van der Waals surface area contributed by atoms with Crippen molar-refractivity contribution < 1.29 is 28.6 Å². The van der Waals surface area contributed by atoms with Crippen LogP contribution in [0.1, 0.15) is 28.4 Å². The molecule has 2 amide bonds. The predicted molar refractivity (Wildman–Crippen MR) is 110 cm³/mol. The van der Waals surface area contributed by atoms with E-state index in [-0.39, 0.29) is 18.4 Å². The number of carbonyl (C=O) groups excluding carboxylic acids is 3. The van der Waals surface area contributed by atoms with Gasteiger partial charge in [0, 0.05) is 25.7 Å². The second-order valence-corrected chi connectivity index (χ2v) is 6.88. The minimum Gasteiger partial charge on any atom is -0.493 e. The molecule has 0 bridgehead atoms. The number of nitrogens with zero attached hydrogens (tertiary/aromatic N) is 1. The number of hydrogen-bond donors (Lipinski definition) is 1. The van der Waals surface area contributed by atoms with Gasteiger partial charge in [0.05, 0.1) is 19.8 Å². The van der Waals surface area contributed by atoms with E-state index >= 15 is 0 Å². The van der Waals surface area contributed by atoms with E-state index in [1.54, 1.807) is 31.3 Å². The number of rotatable bonds is 6. The fraction of sp³-hybridized carbons (Fsp3) is 0.318. The summed E-state index contributed by atoms with van der Waals surface area (Å²) < 4.78 is 15.8. The lowest BCUT2D eigenvalue weighted by molar-refractivity contribution is -0.135. The van der Waals surface area contributed by atoms with Crippen LogP contribution in [0.2, 0.25) is 0 Å². The van der Waals surface area contributed by atoms with Gasteiger partial charge >= 0.3 is 5.97 Å². The number of esters is 1. The maximum Gasteiger partial charge on any atom is 0.338 e. The van der Waals surface area contributed by atoms with E-state index in [0.29, 0.717) is 42.3 Å². The van der Waals surface area contributed by atoms with Crippen LogP contribution in [-0.4, -0.2) is 50.1 Å². The van der Waals surface area contributed by atoms with E-state index < -0.39 is 5.97 Å². The van der Waals surface area contributed by atoms with Crippen molar-refractivity contribution in [3.63, 3.8) is 0 Å². The van der Waals surface area contributed by atoms with Gasteiger partial charge in [-0.3, -0.25) is 9.59 Å². The second kappa shape index (κ2) is 9.30. The van der Waals surface area contributed by atoms with Crippen molar-refractivity contribution in [3.05, 3.63) is 53.1 Å². The summed E-state index contributed by atoms with van der Waals surface area (Å²) in [5.74, 6) is 0.212. The average Bonchev–Trinajstić information content (AvgIpc) is 2.75. The Morgan fingerprint density at radius 1 is 1.00 bits per heavy atom. The molecular formula is C22H24N2O6. The van der Waals surface area contributed by atoms with Gasteiger partial charge < -0.3 is 24.4 Å². The number of benzene rings is 2. The average molecular weight is 412 g/mol. The van der Waals surface area contributed by atoms with Gasteiger partial charge in [-0.25, -0.2) is 4.79 Å². The molecule has 0 aliphatic carbocycles. The van der Waals surface area contributed by atoms with Gasteiger partial charge in [-0.15, -0.1) is 0 Å². The van der Waals surface area contributed by atoms with Crippen LogP contribution in [0.15, 0.2) is 36.4 Å². The van der Waals surface area contributed by atoms with E-state index in [1.807, 2.05) is 12.1 Å². The molecule has 1 heterocycles. The standard InChI is InChI=1S/C22H24N2O6/c1-14(25)23-18-6-4-15(5-7-18)22(27)30-13-21(26)24-9-8-16-10-19(28-2)20(29-3)11-17(16)12-24/h4-7,10-11H,8-9,12-13H2,1-3H3,(H,23,25). The van der Waals surface area contributed by atoms with Crippen LogP contribution in [0, 0.1) is 0 Å². The summed E-state index contributed by atoms with van der Waals surface area (Å²) in [5, 5.41) is 2.62. The topological polar surface area (TPSA) is 94.2 Å². The molecule has 8 heteroatoms. The monoisotopic (exact) mass is 412 g/mol. The van der Waals surface area contributed by atoms with Crippen molar-refractivity contribution in [2.45, 2.75) is 19.9 Å². The number of ether oxygens (including phenoxy) is 3. The highest BCUT2D eigenvalue weighted by atomic mass is 16.5. The highest BCUT2D eigenvalue weighted by Crippen LogP contribution is 2.33. The third-order valence-electron chi connectivity index (χ3n) is 4.84. The minimum absolute atomic E-state index is 0.199. The molecule has 2 aromatic carbocycles. The van der Waals surface area contributed by atoms with Crippen LogP contribution in [0.25, 0.3) is 0 Å². The minimum atomic E-state index is -0.596. The van der Waals surface area contributed by atoms with Crippen LogP contribution in [0.4, 0.5) is 5.69 Å². The Bertz CT molecular complexity index is 955. The van der Waals surface area contributed by atoms with Gasteiger partial charge in [-0.2, -0.15) is 0 Å². The first-order valence-electron chi connectivity index (χ1n) is 9.47. The molecule has 1 aliphatic rings. The SMILES string of the molecule is COc1cc2c(cc1OC)CN(C(=O)COC(=O)c1ccc(NC(C)=O)cc1)CC2. The van der Waals surface area contributed by atoms with Crippen LogP contribution >= 0.6 is 0 Å². The number of hydrogen-bond acceptors (Lipinski definition) is 6. The maximum absolute atomic E-state index is 12.5. The Morgan fingerprint density at radius 2 is 1.63 bits per heavy atom. The molecule has 3 rings (SSSR count). The lowest BCUT2D eigenvalue weighted by atomic mass is 9.99. The summed E-state index contributed by atoms with van der Waals surface area (Å²) in [7, 11) is 3.16. The molecule has 158 valence electrons. The molecule has 30 heavy (non-hydrogen) atoms. The Hall–Kier alpha value is -3.55. The zero-order chi connectivity index (χ0) is 21.7. The first kappa shape index (κ1) is 21.2. The van der Waals surface area contributed by atoms with Gasteiger partial charge in [0.15, 0.2) is 18.1 Å². The van der Waals surface area contributed by atoms with Gasteiger partial charge in [0.1, 0.15) is 0 Å². The largest absolute Gasteiger partial charge is 0.493 e. The van der Waals surface area contributed by atoms with Crippen LogP contribution in [-0.2, 0) is 27.3 Å². The van der Waals surface area contributed by atoms with Crippen LogP contribution < -0.4 is 14.8 Å². The van der Waals surface area contributed by atoms with Crippen molar-refractivity contribution in [2.24, 2.45) is 0 Å². The quantitative estimate of drug-likeness (QED) is 0.733. The van der Waals surface area contributed by atoms with E-state index in [0.717, 1.165) is 11.1 Å². The Kier molecular flexibility index (Phi) is 6.56. The highest BCUT2D eigenvalue weighted by molar-refractivity contribution is 5.93. The van der Waals surface area contributed by atoms with Crippen molar-refractivity contribution >= 4 is 23.5 Å². The first-order chi connectivity index (χ1) is 14.4. The maximum atomic E-state index is 12.5. The summed E-state index contributed by atoms with van der Waals surface area (Å²) in [5.41, 5.74) is 2.96. The van der Waals surface area contributed by atoms with E-state index in [2.05, 4.69) is 5.32 Å². The Balaban J connectivity index is 1.58. The fourth-order valence-electron chi connectivity index (χ4n) is 3.29. The van der Waals surface area contributed by atoms with Gasteiger partial charge in [-0.05, 0) is 53.9 Å². The van der Waals surface area contributed by atoms with Crippen molar-refractivity contribution in [2.75, 3.05) is 32.7 Å². The third kappa shape index (κ3) is 4.89. The molecule has 2 aromatic rings. The number of fused-ring (bicyclic) bond motifs is 1. The van der Waals surface area contributed by atoms with E-state index in [1.165, 1.54) is 19.1 Å². The number of methoxy groups -OCH3 is 2. The predicted octanol–water partition coefficient (Wildman–Crippen LogP) is 2.40. The number of amides is 2. The fourth-order valence-corrected chi connectivity index (χ4v) is 3.29. The second-order valence-electron chi connectivity index (χ2n) is 6.88. The van der Waals surface area contributed by atoms with Crippen LogP contribution in [0.5, 0.6) is 11.5 Å². The first-order valence-corrected chi connectivity index (χ1v) is 9.47. The number of anilines is 1. The lowest BCUT2D eigenvalue weighted by Crippen LogP contribution is -2.38. The summed E-state index contributed by atoms with van der Waals surface area (Å²) >= 11 is 0. The summed E-state index contributed by atoms with van der Waals surface area (Å²) in [6.45, 7) is 2.01. The van der Waals surface area contributed by atoms with Crippen LogP contribution in [0.3, 0.4) is 0 Å². The Labute approximate surface area is 174 Å². The smallest absolute Gasteiger partial charge is 0.338 e. The molecule has 8 nitrogen and oxygen atoms in total. The lowest BCUT2D eigenvalue weighted by Gasteiger charge is -2.29. The zero-order valence-electron chi connectivity index (χ0n) is 17.2.